The molecule has 0 bridgehead atoms. The molecular weight excluding hydrogens is 439 g/mol. The van der Waals surface area contributed by atoms with E-state index in [4.69, 9.17) is 12.9 Å². The fourth-order valence-corrected chi connectivity index (χ4v) is 5.85. The molecule has 3 nitrogen and oxygen atoms in total. The molecule has 4 heteroatoms. The lowest BCUT2D eigenvalue weighted by Gasteiger charge is -2.15. The topological polar surface area (TPSA) is 35.5 Å². The third-order valence-electron chi connectivity index (χ3n) is 6.98. The summed E-state index contributed by atoms with van der Waals surface area (Å²) in [6, 6.07) is 10.7. The van der Waals surface area contributed by atoms with Gasteiger partial charge in [-0.05, 0) is 98.4 Å². The first kappa shape index (κ1) is 24.5. The molecule has 4 aromatic rings. The number of rotatable bonds is 4. The minimum absolute atomic E-state index is 0.308. The van der Waals surface area contributed by atoms with Crippen LogP contribution in [-0.2, 0) is 0 Å². The Morgan fingerprint density at radius 1 is 0.647 bits per heavy atom. The third-order valence-corrected chi connectivity index (χ3v) is 7.99. The zero-order valence-electron chi connectivity index (χ0n) is 22.2. The molecular formula is C30H37O3P. The summed E-state index contributed by atoms with van der Waals surface area (Å²) in [4.78, 5) is 0. The van der Waals surface area contributed by atoms with Gasteiger partial charge < -0.3 is 12.9 Å². The average Bonchev–Trinajstić information content (AvgIpc) is 2.92. The summed E-state index contributed by atoms with van der Waals surface area (Å²) in [6.45, 7) is 21.8. The highest BCUT2D eigenvalue weighted by Crippen LogP contribution is 2.45. The van der Waals surface area contributed by atoms with E-state index >= 15 is 0 Å². The van der Waals surface area contributed by atoms with Crippen molar-refractivity contribution in [3.05, 3.63) is 74.8 Å². The lowest BCUT2D eigenvalue weighted by atomic mass is 9.89. The Hall–Kier alpha value is -2.64. The standard InChI is InChI=1S/C30H37O3P/c1-16(2)24-14-19(6)22(9)27-28-23(10)20(7)15-25(17(3)4)30(28)33-34(32-29(24)27)31-26-12-11-18(5)13-21(26)8/h11-17H,1-10H3. The Balaban J connectivity index is 2.24. The average molecular weight is 477 g/mol. The van der Waals surface area contributed by atoms with Crippen LogP contribution in [0.15, 0.2) is 38.7 Å². The highest BCUT2D eigenvalue weighted by atomic mass is 31.1. The Bertz CT molecular complexity index is 1360. The van der Waals surface area contributed by atoms with Gasteiger partial charge in [0.25, 0.3) is 0 Å². The lowest BCUT2D eigenvalue weighted by molar-refractivity contribution is 0.493. The molecule has 0 atom stereocenters. The second-order valence-corrected chi connectivity index (χ2v) is 11.3. The molecule has 1 heterocycles. The van der Waals surface area contributed by atoms with Crippen molar-refractivity contribution in [3.8, 4) is 5.75 Å². The van der Waals surface area contributed by atoms with Gasteiger partial charge in [-0.3, -0.25) is 0 Å². The molecule has 0 unspecified atom stereocenters. The highest BCUT2D eigenvalue weighted by Gasteiger charge is 2.22. The SMILES string of the molecule is Cc1ccc(Op2oc3c(C(C)C)cc(C)c(C)c3c3c(C)c(C)cc(C(C)C)c3o2)c(C)c1. The van der Waals surface area contributed by atoms with Gasteiger partial charge in [0.15, 0.2) is 0 Å². The van der Waals surface area contributed by atoms with Crippen LogP contribution in [0.4, 0.5) is 0 Å². The number of hydrogen-bond acceptors (Lipinski definition) is 3. The van der Waals surface area contributed by atoms with E-state index in [-0.39, 0.29) is 0 Å². The lowest BCUT2D eigenvalue weighted by Crippen LogP contribution is -1.97. The molecule has 1 aromatic heterocycles. The van der Waals surface area contributed by atoms with Gasteiger partial charge in [0.1, 0.15) is 16.9 Å². The van der Waals surface area contributed by atoms with E-state index in [2.05, 4.69) is 93.5 Å². The summed E-state index contributed by atoms with van der Waals surface area (Å²) >= 11 is 0. The number of hydrogen-bond donors (Lipinski definition) is 0. The van der Waals surface area contributed by atoms with Crippen LogP contribution >= 0.6 is 8.24 Å². The molecule has 34 heavy (non-hydrogen) atoms. The van der Waals surface area contributed by atoms with Crippen molar-refractivity contribution in [3.63, 3.8) is 0 Å². The number of benzene rings is 3. The van der Waals surface area contributed by atoms with Crippen molar-refractivity contribution >= 4 is 30.2 Å². The van der Waals surface area contributed by atoms with E-state index in [9.17, 15) is 0 Å². The van der Waals surface area contributed by atoms with Crippen LogP contribution in [0.5, 0.6) is 5.75 Å². The van der Waals surface area contributed by atoms with Crippen molar-refractivity contribution in [1.82, 2.24) is 0 Å². The van der Waals surface area contributed by atoms with Crippen molar-refractivity contribution < 1.29 is 12.9 Å². The van der Waals surface area contributed by atoms with Gasteiger partial charge in [0, 0.05) is 10.8 Å². The fourth-order valence-electron chi connectivity index (χ4n) is 4.68. The molecule has 0 aliphatic rings. The highest BCUT2D eigenvalue weighted by molar-refractivity contribution is 7.32. The van der Waals surface area contributed by atoms with Gasteiger partial charge in [0.2, 0.25) is 0 Å². The predicted octanol–water partition coefficient (Wildman–Crippen LogP) is 10.2. The van der Waals surface area contributed by atoms with Crippen molar-refractivity contribution in [2.24, 2.45) is 0 Å². The van der Waals surface area contributed by atoms with Crippen LogP contribution < -0.4 is 4.52 Å². The van der Waals surface area contributed by atoms with Crippen LogP contribution in [-0.4, -0.2) is 0 Å². The van der Waals surface area contributed by atoms with Gasteiger partial charge in [-0.2, -0.15) is 0 Å². The molecule has 0 saturated heterocycles. The first-order valence-corrected chi connectivity index (χ1v) is 13.3. The summed E-state index contributed by atoms with van der Waals surface area (Å²) in [7, 11) is -1.70. The first-order valence-electron chi connectivity index (χ1n) is 12.2. The van der Waals surface area contributed by atoms with E-state index < -0.39 is 8.24 Å². The van der Waals surface area contributed by atoms with Gasteiger partial charge in [-0.1, -0.05) is 57.5 Å². The minimum atomic E-state index is -1.70. The monoisotopic (exact) mass is 476 g/mol. The molecule has 0 aliphatic heterocycles. The van der Waals surface area contributed by atoms with E-state index in [0.717, 1.165) is 33.3 Å². The molecule has 0 fully saturated rings. The molecule has 0 spiro atoms. The van der Waals surface area contributed by atoms with E-state index in [1.54, 1.807) is 0 Å². The van der Waals surface area contributed by atoms with Crippen LogP contribution in [0.25, 0.3) is 21.9 Å². The largest absolute Gasteiger partial charge is 0.453 e. The molecule has 0 radical (unpaired) electrons. The first-order chi connectivity index (χ1) is 16.0. The van der Waals surface area contributed by atoms with Crippen molar-refractivity contribution in [1.29, 1.82) is 0 Å². The van der Waals surface area contributed by atoms with Gasteiger partial charge in [0.05, 0.1) is 0 Å². The normalized spacial score (nSPS) is 11.8. The van der Waals surface area contributed by atoms with Gasteiger partial charge >= 0.3 is 8.24 Å². The van der Waals surface area contributed by atoms with Crippen LogP contribution in [0, 0.1) is 41.5 Å². The maximum atomic E-state index is 6.71. The van der Waals surface area contributed by atoms with E-state index in [1.807, 2.05) is 6.07 Å². The molecule has 3 aromatic carbocycles. The number of fused-ring (bicyclic) bond motifs is 3. The van der Waals surface area contributed by atoms with Crippen LogP contribution in [0.3, 0.4) is 0 Å². The van der Waals surface area contributed by atoms with Crippen molar-refractivity contribution in [2.45, 2.75) is 81.1 Å². The summed E-state index contributed by atoms with van der Waals surface area (Å²) in [6.07, 6.45) is 0. The smallest absolute Gasteiger partial charge is 0.390 e. The summed E-state index contributed by atoms with van der Waals surface area (Å²) in [5, 5.41) is 2.30. The van der Waals surface area contributed by atoms with Crippen LogP contribution in [0.1, 0.15) is 84.0 Å². The third kappa shape index (κ3) is 4.27. The maximum absolute atomic E-state index is 6.71. The second kappa shape index (κ2) is 9.19. The van der Waals surface area contributed by atoms with Gasteiger partial charge in [-0.25, -0.2) is 0 Å². The fraction of sp³-hybridized carbons (Fsp3) is 0.400. The zero-order chi connectivity index (χ0) is 24.9. The Morgan fingerprint density at radius 2 is 1.12 bits per heavy atom. The molecule has 0 saturated carbocycles. The van der Waals surface area contributed by atoms with Crippen LogP contribution in [0.2, 0.25) is 0 Å². The summed E-state index contributed by atoms with van der Waals surface area (Å²) in [5.74, 6) is 1.41. The Labute approximate surface area is 204 Å². The number of aryl methyl sites for hydroxylation is 6. The van der Waals surface area contributed by atoms with Crippen molar-refractivity contribution in [2.75, 3.05) is 0 Å². The van der Waals surface area contributed by atoms with Gasteiger partial charge in [-0.15, -0.1) is 0 Å². The van der Waals surface area contributed by atoms with E-state index in [0.29, 0.717) is 11.8 Å². The zero-order valence-corrected chi connectivity index (χ0v) is 23.1. The van der Waals surface area contributed by atoms with E-state index in [1.165, 1.54) is 38.9 Å². The summed E-state index contributed by atoms with van der Waals surface area (Å²) < 4.78 is 19.9. The predicted molar refractivity (Wildman–Crippen MR) is 145 cm³/mol. The quantitative estimate of drug-likeness (QED) is 0.294. The maximum Gasteiger partial charge on any atom is 0.453 e. The molecule has 0 aliphatic carbocycles. The molecule has 180 valence electrons. The Kier molecular flexibility index (Phi) is 6.62. The molecule has 4 rings (SSSR count). The summed E-state index contributed by atoms with van der Waals surface area (Å²) in [5.41, 5.74) is 11.5. The Morgan fingerprint density at radius 3 is 1.53 bits per heavy atom. The minimum Gasteiger partial charge on any atom is -0.390 e. The molecule has 0 N–H and O–H groups in total. The molecule has 0 amide bonds. The second-order valence-electron chi connectivity index (χ2n) is 10.3.